The van der Waals surface area contributed by atoms with Crippen LogP contribution in [0, 0.1) is 0 Å². The van der Waals surface area contributed by atoms with Gasteiger partial charge < -0.3 is 15.4 Å². The van der Waals surface area contributed by atoms with Crippen molar-refractivity contribution in [3.05, 3.63) is 29.3 Å². The summed E-state index contributed by atoms with van der Waals surface area (Å²) in [5, 5.41) is 11.5. The maximum absolute atomic E-state index is 10.9. The van der Waals surface area contributed by atoms with Crippen LogP contribution in [0.4, 0.5) is 0 Å². The second-order valence-electron chi connectivity index (χ2n) is 4.90. The van der Waals surface area contributed by atoms with Gasteiger partial charge in [-0.1, -0.05) is 11.6 Å². The summed E-state index contributed by atoms with van der Waals surface area (Å²) in [5.41, 5.74) is 0. The maximum atomic E-state index is 10.9. The maximum Gasteiger partial charge on any atom is 0.210 e. The molecule has 0 heterocycles. The molecule has 0 aliphatic heterocycles. The van der Waals surface area contributed by atoms with Crippen LogP contribution in [0.5, 0.6) is 5.75 Å². The second kappa shape index (κ2) is 11.7. The van der Waals surface area contributed by atoms with Gasteiger partial charge in [0.05, 0.1) is 12.3 Å². The highest BCUT2D eigenvalue weighted by Crippen LogP contribution is 2.16. The molecule has 0 aliphatic carbocycles. The Hall–Kier alpha value is -0.780. The number of nitrogens with two attached hydrogens (primary N) is 1. The Morgan fingerprint density at radius 1 is 1.33 bits per heavy atom. The van der Waals surface area contributed by atoms with Crippen LogP contribution in [0.1, 0.15) is 13.8 Å². The topological polar surface area (TPSA) is 106 Å². The fraction of sp³-hybridized carbons (Fsp3) is 0.500. The molecule has 0 saturated carbocycles. The van der Waals surface area contributed by atoms with Gasteiger partial charge in [0.1, 0.15) is 11.9 Å². The first-order chi connectivity index (χ1) is 10.8. The number of nitrogens with zero attached hydrogens (tertiary/aromatic N) is 1. The Labute approximate surface area is 165 Å². The highest BCUT2D eigenvalue weighted by atomic mass is 127. The summed E-state index contributed by atoms with van der Waals surface area (Å²) < 4.78 is 27.5. The number of ether oxygens (including phenoxy) is 1. The van der Waals surface area contributed by atoms with Crippen LogP contribution in [0.15, 0.2) is 29.3 Å². The average molecular weight is 491 g/mol. The number of hydrogen-bond acceptors (Lipinski definition) is 4. The summed E-state index contributed by atoms with van der Waals surface area (Å²) in [6.07, 6.45) is -0.148. The third-order valence-electron chi connectivity index (χ3n) is 2.68. The fourth-order valence-electron chi connectivity index (χ4n) is 1.66. The lowest BCUT2D eigenvalue weighted by molar-refractivity contribution is 0.230. The predicted octanol–water partition coefficient (Wildman–Crippen LogP) is 1.57. The van der Waals surface area contributed by atoms with E-state index in [1.165, 1.54) is 0 Å². The normalized spacial score (nSPS) is 12.9. The molecule has 1 rings (SSSR count). The van der Waals surface area contributed by atoms with E-state index in [4.69, 9.17) is 21.5 Å². The Balaban J connectivity index is 0.00000529. The molecule has 1 unspecified atom stereocenters. The second-order valence-corrected chi connectivity index (χ2v) is 7.07. The third kappa shape index (κ3) is 10.9. The number of guanidine groups is 1. The van der Waals surface area contributed by atoms with Gasteiger partial charge in [-0.3, -0.25) is 0 Å². The molecule has 0 saturated heterocycles. The zero-order valence-corrected chi connectivity index (χ0v) is 17.6. The lowest BCUT2D eigenvalue weighted by atomic mass is 10.3. The zero-order chi connectivity index (χ0) is 17.3. The van der Waals surface area contributed by atoms with Crippen molar-refractivity contribution in [3.63, 3.8) is 0 Å². The molecule has 7 nitrogen and oxygen atoms in total. The number of halogens is 2. The van der Waals surface area contributed by atoms with E-state index in [0.29, 0.717) is 29.8 Å². The van der Waals surface area contributed by atoms with Crippen LogP contribution < -0.4 is 20.5 Å². The van der Waals surface area contributed by atoms with Crippen LogP contribution in [-0.2, 0) is 10.0 Å². The van der Waals surface area contributed by atoms with Crippen molar-refractivity contribution in [3.8, 4) is 5.75 Å². The van der Waals surface area contributed by atoms with Crippen LogP contribution in [0.2, 0.25) is 5.02 Å². The molecule has 1 aromatic carbocycles. The molecule has 10 heteroatoms. The van der Waals surface area contributed by atoms with Crippen molar-refractivity contribution in [2.45, 2.75) is 20.0 Å². The minimum absolute atomic E-state index is 0. The molecule has 0 aliphatic rings. The summed E-state index contributed by atoms with van der Waals surface area (Å²) in [4.78, 5) is 4.35. The molecule has 0 spiro atoms. The van der Waals surface area contributed by atoms with Crippen LogP contribution in [-0.4, -0.2) is 45.9 Å². The van der Waals surface area contributed by atoms with Gasteiger partial charge in [0, 0.05) is 18.1 Å². The van der Waals surface area contributed by atoms with Crippen LogP contribution >= 0.6 is 35.6 Å². The van der Waals surface area contributed by atoms with Gasteiger partial charge in [-0.2, -0.15) is 0 Å². The minimum atomic E-state index is -3.49. The van der Waals surface area contributed by atoms with Crippen molar-refractivity contribution < 1.29 is 13.2 Å². The highest BCUT2D eigenvalue weighted by Gasteiger charge is 2.06. The van der Waals surface area contributed by atoms with Crippen molar-refractivity contribution in [1.82, 2.24) is 10.6 Å². The van der Waals surface area contributed by atoms with Gasteiger partial charge in [0.25, 0.3) is 0 Å². The number of primary sulfonamides is 1. The van der Waals surface area contributed by atoms with Gasteiger partial charge in [-0.05, 0) is 38.1 Å². The van der Waals surface area contributed by atoms with E-state index in [1.54, 1.807) is 24.3 Å². The molecule has 4 N–H and O–H groups in total. The number of sulfonamides is 1. The molecule has 1 atom stereocenters. The minimum Gasteiger partial charge on any atom is -0.489 e. The summed E-state index contributed by atoms with van der Waals surface area (Å²) in [6, 6.07) is 7.09. The average Bonchev–Trinajstić information content (AvgIpc) is 2.46. The van der Waals surface area contributed by atoms with Crippen molar-refractivity contribution in [2.24, 2.45) is 10.1 Å². The quantitative estimate of drug-likeness (QED) is 0.291. The molecular formula is C14H24ClIN4O3S. The summed E-state index contributed by atoms with van der Waals surface area (Å²) >= 11 is 5.82. The monoisotopic (exact) mass is 490 g/mol. The lowest BCUT2D eigenvalue weighted by Crippen LogP contribution is -2.40. The van der Waals surface area contributed by atoms with Gasteiger partial charge >= 0.3 is 0 Å². The SMILES string of the molecule is CCNC(=NCC(C)Oc1ccc(Cl)cc1)NCCS(N)(=O)=O.I. The zero-order valence-electron chi connectivity index (χ0n) is 13.7. The van der Waals surface area contributed by atoms with Crippen molar-refractivity contribution in [1.29, 1.82) is 0 Å². The van der Waals surface area contributed by atoms with E-state index in [0.717, 1.165) is 0 Å². The molecule has 138 valence electrons. The fourth-order valence-corrected chi connectivity index (χ4v) is 2.17. The van der Waals surface area contributed by atoms with E-state index in [-0.39, 0.29) is 42.4 Å². The number of rotatable bonds is 8. The Morgan fingerprint density at radius 3 is 2.50 bits per heavy atom. The first-order valence-electron chi connectivity index (χ1n) is 7.25. The number of nitrogens with one attached hydrogen (secondary N) is 2. The molecule has 1 aromatic rings. The van der Waals surface area contributed by atoms with Gasteiger partial charge in [0.15, 0.2) is 5.96 Å². The van der Waals surface area contributed by atoms with E-state index >= 15 is 0 Å². The third-order valence-corrected chi connectivity index (χ3v) is 3.71. The first-order valence-corrected chi connectivity index (χ1v) is 9.34. The molecular weight excluding hydrogens is 467 g/mol. The van der Waals surface area contributed by atoms with E-state index in [2.05, 4.69) is 15.6 Å². The largest absolute Gasteiger partial charge is 0.489 e. The number of benzene rings is 1. The molecule has 24 heavy (non-hydrogen) atoms. The summed E-state index contributed by atoms with van der Waals surface area (Å²) in [7, 11) is -3.49. The smallest absolute Gasteiger partial charge is 0.210 e. The lowest BCUT2D eigenvalue weighted by Gasteiger charge is -2.15. The Morgan fingerprint density at radius 2 is 1.96 bits per heavy atom. The highest BCUT2D eigenvalue weighted by molar-refractivity contribution is 14.0. The van der Waals surface area contributed by atoms with Crippen molar-refractivity contribution >= 4 is 51.6 Å². The molecule has 0 fully saturated rings. The summed E-state index contributed by atoms with van der Waals surface area (Å²) in [6.45, 7) is 5.08. The number of aliphatic imine (C=N–C) groups is 1. The molecule has 0 radical (unpaired) electrons. The van der Waals surface area contributed by atoms with E-state index in [1.807, 2.05) is 13.8 Å². The number of hydrogen-bond donors (Lipinski definition) is 3. The van der Waals surface area contributed by atoms with Gasteiger partial charge in [0.2, 0.25) is 10.0 Å². The molecule has 0 aromatic heterocycles. The Bertz CT molecular complexity index is 611. The Kier molecular flexibility index (Phi) is 11.3. The van der Waals surface area contributed by atoms with Gasteiger partial charge in [-0.15, -0.1) is 24.0 Å². The molecule has 0 bridgehead atoms. The van der Waals surface area contributed by atoms with Crippen LogP contribution in [0.25, 0.3) is 0 Å². The van der Waals surface area contributed by atoms with Gasteiger partial charge in [-0.25, -0.2) is 18.5 Å². The standard InChI is InChI=1S/C14H23ClN4O3S.HI/c1-3-17-14(18-8-9-23(16,20)21)19-10-11(2)22-13-6-4-12(15)5-7-13;/h4-7,11H,3,8-10H2,1-2H3,(H2,16,20,21)(H2,17,18,19);1H. The first kappa shape index (κ1) is 23.2. The summed E-state index contributed by atoms with van der Waals surface area (Å²) in [5.74, 6) is 1.07. The molecule has 0 amide bonds. The van der Waals surface area contributed by atoms with E-state index in [9.17, 15) is 8.42 Å². The van der Waals surface area contributed by atoms with Crippen LogP contribution in [0.3, 0.4) is 0 Å². The predicted molar refractivity (Wildman–Crippen MR) is 109 cm³/mol. The van der Waals surface area contributed by atoms with E-state index < -0.39 is 10.0 Å². The van der Waals surface area contributed by atoms with Crippen molar-refractivity contribution in [2.75, 3.05) is 25.4 Å².